The topological polar surface area (TPSA) is 83.7 Å². The first-order valence-corrected chi connectivity index (χ1v) is 11.6. The normalized spacial score (nSPS) is 13.4. The van der Waals surface area contributed by atoms with Crippen LogP contribution in [0.25, 0.3) is 22.8 Å². The zero-order chi connectivity index (χ0) is 26.5. The van der Waals surface area contributed by atoms with Gasteiger partial charge in [-0.2, -0.15) is 18.2 Å². The van der Waals surface area contributed by atoms with Crippen molar-refractivity contribution in [1.82, 2.24) is 10.1 Å². The van der Waals surface area contributed by atoms with Gasteiger partial charge in [0.2, 0.25) is 5.82 Å². The average molecular weight is 507 g/mol. The van der Waals surface area contributed by atoms with Crippen LogP contribution in [-0.2, 0) is 15.7 Å². The van der Waals surface area contributed by atoms with E-state index in [0.717, 1.165) is 6.07 Å². The van der Waals surface area contributed by atoms with E-state index >= 15 is 0 Å². The predicted octanol–water partition coefficient (Wildman–Crippen LogP) is 6.57. The van der Waals surface area contributed by atoms with E-state index in [-0.39, 0.29) is 41.0 Å². The first-order valence-electron chi connectivity index (χ1n) is 11.6. The van der Waals surface area contributed by atoms with Gasteiger partial charge in [-0.1, -0.05) is 12.1 Å². The molecule has 0 amide bonds. The van der Waals surface area contributed by atoms with Crippen LogP contribution >= 0.6 is 0 Å². The molecule has 3 rings (SSSR count). The number of aromatic nitrogens is 2. The summed E-state index contributed by atoms with van der Waals surface area (Å²) in [6.45, 7) is 9.05. The summed E-state index contributed by atoms with van der Waals surface area (Å²) < 4.78 is 62.1. The Hall–Kier alpha value is -3.56. The predicted molar refractivity (Wildman–Crippen MR) is 126 cm³/mol. The largest absolute Gasteiger partial charge is 0.491 e. The van der Waals surface area contributed by atoms with Gasteiger partial charge < -0.3 is 18.7 Å². The molecule has 10 heteroatoms. The number of ether oxygens (including phenoxy) is 3. The molecule has 1 heterocycles. The number of nitrogens with zero attached hydrogens (tertiary/aromatic N) is 2. The molecule has 0 aliphatic rings. The summed E-state index contributed by atoms with van der Waals surface area (Å²) in [5.74, 6) is -0.0611. The van der Waals surface area contributed by atoms with Crippen molar-refractivity contribution in [3.05, 3.63) is 48.0 Å². The van der Waals surface area contributed by atoms with Crippen LogP contribution in [0, 0.1) is 5.92 Å². The van der Waals surface area contributed by atoms with Crippen LogP contribution in [0.5, 0.6) is 11.5 Å². The van der Waals surface area contributed by atoms with E-state index in [1.807, 2.05) is 6.92 Å². The van der Waals surface area contributed by atoms with Crippen LogP contribution in [0.4, 0.5) is 13.2 Å². The van der Waals surface area contributed by atoms with Gasteiger partial charge in [0.1, 0.15) is 11.5 Å². The molecule has 0 bridgehead atoms. The molecule has 1 unspecified atom stereocenters. The molecule has 0 spiro atoms. The smallest absolute Gasteiger partial charge is 0.419 e. The van der Waals surface area contributed by atoms with E-state index in [9.17, 15) is 18.0 Å². The highest BCUT2D eigenvalue weighted by Gasteiger charge is 2.35. The average Bonchev–Trinajstić information content (AvgIpc) is 3.29. The van der Waals surface area contributed by atoms with Crippen LogP contribution in [0.1, 0.15) is 46.6 Å². The van der Waals surface area contributed by atoms with Gasteiger partial charge in [-0.25, -0.2) is 0 Å². The van der Waals surface area contributed by atoms with Crippen molar-refractivity contribution in [2.75, 3.05) is 6.61 Å². The quantitative estimate of drug-likeness (QED) is 0.288. The number of carbonyl (C=O) groups excluding carboxylic acids is 1. The van der Waals surface area contributed by atoms with E-state index in [4.69, 9.17) is 18.7 Å². The highest BCUT2D eigenvalue weighted by molar-refractivity contribution is 5.72. The summed E-state index contributed by atoms with van der Waals surface area (Å²) in [4.78, 5) is 16.1. The van der Waals surface area contributed by atoms with Gasteiger partial charge in [-0.05, 0) is 76.6 Å². The van der Waals surface area contributed by atoms with Crippen LogP contribution in [0.3, 0.4) is 0 Å². The van der Waals surface area contributed by atoms with Crippen molar-refractivity contribution in [2.24, 2.45) is 5.92 Å². The second kappa shape index (κ2) is 11.5. The molecular formula is C26H29F3N2O5. The van der Waals surface area contributed by atoms with Crippen LogP contribution < -0.4 is 9.47 Å². The maximum atomic E-state index is 13.6. The molecule has 0 radical (unpaired) electrons. The number of esters is 1. The van der Waals surface area contributed by atoms with Crippen molar-refractivity contribution >= 4 is 5.97 Å². The highest BCUT2D eigenvalue weighted by atomic mass is 19.4. The molecule has 0 N–H and O–H groups in total. The number of alkyl halides is 3. The minimum absolute atomic E-state index is 0.0218. The third-order valence-corrected chi connectivity index (χ3v) is 5.14. The molecular weight excluding hydrogens is 477 g/mol. The van der Waals surface area contributed by atoms with Crippen LogP contribution in [-0.4, -0.2) is 34.9 Å². The molecule has 194 valence electrons. The summed E-state index contributed by atoms with van der Waals surface area (Å²) in [5, 5.41) is 3.84. The fraction of sp³-hybridized carbons (Fsp3) is 0.423. The van der Waals surface area contributed by atoms with Crippen molar-refractivity contribution in [3.63, 3.8) is 0 Å². The van der Waals surface area contributed by atoms with Gasteiger partial charge in [0.25, 0.3) is 5.89 Å². The van der Waals surface area contributed by atoms with Crippen molar-refractivity contribution in [2.45, 2.75) is 59.4 Å². The van der Waals surface area contributed by atoms with E-state index < -0.39 is 17.8 Å². The standard InChI is InChI=1S/C26H29F3N2O5/c1-6-33-25(32)16(4)13-17(5)35-20-10-7-18(8-11-20)24-30-23(31-36-24)19-9-12-22(34-15(2)3)21(14-19)26(27,28)29/h7-12,14-17H,6,13H2,1-5H3/t16?,17-/m1/s1. The van der Waals surface area contributed by atoms with Crippen LogP contribution in [0.2, 0.25) is 0 Å². The van der Waals surface area contributed by atoms with Crippen molar-refractivity contribution < 1.29 is 36.7 Å². The Kier molecular flexibility index (Phi) is 8.60. The molecule has 0 aliphatic heterocycles. The number of hydrogen-bond acceptors (Lipinski definition) is 7. The highest BCUT2D eigenvalue weighted by Crippen LogP contribution is 2.39. The summed E-state index contributed by atoms with van der Waals surface area (Å²) in [7, 11) is 0. The van der Waals surface area contributed by atoms with Gasteiger partial charge in [-0.15, -0.1) is 0 Å². The minimum Gasteiger partial charge on any atom is -0.491 e. The van der Waals surface area contributed by atoms with Crippen LogP contribution in [0.15, 0.2) is 47.0 Å². The number of carbonyl (C=O) groups is 1. The van der Waals surface area contributed by atoms with Gasteiger partial charge in [0.05, 0.1) is 30.3 Å². The minimum atomic E-state index is -4.60. The lowest BCUT2D eigenvalue weighted by molar-refractivity contribution is -0.148. The second-order valence-corrected chi connectivity index (χ2v) is 8.64. The summed E-state index contributed by atoms with van der Waals surface area (Å²) in [6, 6.07) is 10.5. The zero-order valence-electron chi connectivity index (χ0n) is 20.8. The van der Waals surface area contributed by atoms with Gasteiger partial charge in [0, 0.05) is 11.1 Å². The first-order chi connectivity index (χ1) is 17.0. The van der Waals surface area contributed by atoms with Crippen molar-refractivity contribution in [3.8, 4) is 34.3 Å². The summed E-state index contributed by atoms with van der Waals surface area (Å²) in [6.07, 6.45) is -4.75. The molecule has 36 heavy (non-hydrogen) atoms. The molecule has 2 aromatic carbocycles. The molecule has 0 saturated carbocycles. The fourth-order valence-electron chi connectivity index (χ4n) is 3.54. The zero-order valence-corrected chi connectivity index (χ0v) is 20.8. The monoisotopic (exact) mass is 506 g/mol. The molecule has 2 atom stereocenters. The number of halogens is 3. The molecule has 3 aromatic rings. The molecule has 0 saturated heterocycles. The van der Waals surface area contributed by atoms with E-state index in [2.05, 4.69) is 10.1 Å². The van der Waals surface area contributed by atoms with Crippen molar-refractivity contribution in [1.29, 1.82) is 0 Å². The second-order valence-electron chi connectivity index (χ2n) is 8.64. The van der Waals surface area contributed by atoms with E-state index in [1.54, 1.807) is 52.0 Å². The first kappa shape index (κ1) is 27.0. The number of rotatable bonds is 10. The Morgan fingerprint density at radius 3 is 2.28 bits per heavy atom. The lowest BCUT2D eigenvalue weighted by Crippen LogP contribution is -2.22. The third-order valence-electron chi connectivity index (χ3n) is 5.14. The SMILES string of the molecule is CCOC(=O)C(C)C[C@@H](C)Oc1ccc(-c2nc(-c3ccc(OC(C)C)c(C(F)(F)F)c3)no2)cc1. The van der Waals surface area contributed by atoms with E-state index in [1.165, 1.54) is 12.1 Å². The van der Waals surface area contributed by atoms with Gasteiger partial charge in [-0.3, -0.25) is 4.79 Å². The molecule has 0 aliphatic carbocycles. The molecule has 0 fully saturated rings. The summed E-state index contributed by atoms with van der Waals surface area (Å²) in [5.41, 5.74) is -0.185. The maximum Gasteiger partial charge on any atom is 0.419 e. The Bertz CT molecular complexity index is 1160. The molecule has 1 aromatic heterocycles. The Balaban J connectivity index is 1.72. The van der Waals surface area contributed by atoms with E-state index in [0.29, 0.717) is 24.3 Å². The summed E-state index contributed by atoms with van der Waals surface area (Å²) >= 11 is 0. The Labute approximate surface area is 207 Å². The lowest BCUT2D eigenvalue weighted by Gasteiger charge is -2.18. The number of hydrogen-bond donors (Lipinski definition) is 0. The maximum absolute atomic E-state index is 13.6. The number of benzene rings is 2. The Morgan fingerprint density at radius 1 is 1.00 bits per heavy atom. The lowest BCUT2D eigenvalue weighted by atomic mass is 10.0. The Morgan fingerprint density at radius 2 is 1.67 bits per heavy atom. The molecule has 7 nitrogen and oxygen atoms in total. The fourth-order valence-corrected chi connectivity index (χ4v) is 3.54. The van der Waals surface area contributed by atoms with Gasteiger partial charge in [0.15, 0.2) is 0 Å². The third kappa shape index (κ3) is 6.99. The van der Waals surface area contributed by atoms with Gasteiger partial charge >= 0.3 is 12.1 Å².